The second kappa shape index (κ2) is 7.05. The summed E-state index contributed by atoms with van der Waals surface area (Å²) in [5.74, 6) is 0.810. The van der Waals surface area contributed by atoms with Crippen molar-refractivity contribution in [1.82, 2.24) is 4.90 Å². The Morgan fingerprint density at radius 1 is 1.27 bits per heavy atom. The van der Waals surface area contributed by atoms with E-state index in [1.165, 1.54) is 11.3 Å². The summed E-state index contributed by atoms with van der Waals surface area (Å²) in [6, 6.07) is 7.57. The number of morpholine rings is 1. The molecule has 0 atom stereocenters. The number of ether oxygens (including phenoxy) is 2. The summed E-state index contributed by atoms with van der Waals surface area (Å²) in [5, 5.41) is 3.79. The monoisotopic (exact) mass is 317 g/mol. The molecule has 1 saturated heterocycles. The van der Waals surface area contributed by atoms with Gasteiger partial charge in [0.05, 0.1) is 20.3 Å². The number of ketones is 1. The molecule has 0 saturated carbocycles. The lowest BCUT2D eigenvalue weighted by Crippen LogP contribution is -2.35. The molecule has 1 aliphatic heterocycles. The molecule has 1 aromatic heterocycles. The van der Waals surface area contributed by atoms with Crippen molar-refractivity contribution in [3.8, 4) is 5.75 Å². The second-order valence-corrected chi connectivity index (χ2v) is 6.04. The molecule has 0 unspecified atom stereocenters. The molecule has 0 amide bonds. The van der Waals surface area contributed by atoms with Gasteiger partial charge in [-0.25, -0.2) is 0 Å². The van der Waals surface area contributed by atoms with Gasteiger partial charge in [-0.05, 0) is 17.5 Å². The quantitative estimate of drug-likeness (QED) is 0.795. The number of rotatable bonds is 5. The maximum atomic E-state index is 12.4. The van der Waals surface area contributed by atoms with Crippen LogP contribution in [0.4, 0.5) is 0 Å². The average Bonchev–Trinajstić information content (AvgIpc) is 3.10. The Morgan fingerprint density at radius 2 is 2.09 bits per heavy atom. The van der Waals surface area contributed by atoms with Crippen LogP contribution < -0.4 is 4.74 Å². The predicted molar refractivity (Wildman–Crippen MR) is 86.8 cm³/mol. The normalized spacial score (nSPS) is 15.7. The molecule has 2 aromatic rings. The highest BCUT2D eigenvalue weighted by Crippen LogP contribution is 2.24. The highest BCUT2D eigenvalue weighted by atomic mass is 32.1. The number of nitrogens with zero attached hydrogens (tertiary/aromatic N) is 1. The lowest BCUT2D eigenvalue weighted by atomic mass is 10.0. The first-order chi connectivity index (χ1) is 10.8. The van der Waals surface area contributed by atoms with Crippen LogP contribution in [0.5, 0.6) is 5.75 Å². The van der Waals surface area contributed by atoms with Gasteiger partial charge in [-0.15, -0.1) is 0 Å². The van der Waals surface area contributed by atoms with Crippen molar-refractivity contribution in [3.05, 3.63) is 51.7 Å². The predicted octanol–water partition coefficient (Wildman–Crippen LogP) is 2.82. The molecule has 5 heteroatoms. The van der Waals surface area contributed by atoms with E-state index in [1.807, 2.05) is 35.0 Å². The van der Waals surface area contributed by atoms with E-state index in [0.29, 0.717) is 5.56 Å². The number of carbonyl (C=O) groups excluding carboxylic acids is 1. The van der Waals surface area contributed by atoms with Gasteiger partial charge in [-0.3, -0.25) is 9.69 Å². The van der Waals surface area contributed by atoms with Crippen molar-refractivity contribution in [2.24, 2.45) is 0 Å². The van der Waals surface area contributed by atoms with E-state index < -0.39 is 0 Å². The van der Waals surface area contributed by atoms with E-state index in [4.69, 9.17) is 9.47 Å². The Labute approximate surface area is 134 Å². The molecule has 1 fully saturated rings. The van der Waals surface area contributed by atoms with Gasteiger partial charge in [-0.2, -0.15) is 11.3 Å². The van der Waals surface area contributed by atoms with Crippen molar-refractivity contribution in [1.29, 1.82) is 0 Å². The first kappa shape index (κ1) is 15.2. The Morgan fingerprint density at radius 3 is 2.77 bits per heavy atom. The van der Waals surface area contributed by atoms with Crippen molar-refractivity contribution in [2.75, 3.05) is 33.4 Å². The molecule has 22 heavy (non-hydrogen) atoms. The molecule has 116 valence electrons. The highest BCUT2D eigenvalue weighted by Gasteiger charge is 2.16. The van der Waals surface area contributed by atoms with Gasteiger partial charge in [-0.1, -0.05) is 12.1 Å². The van der Waals surface area contributed by atoms with Crippen LogP contribution in [0.2, 0.25) is 0 Å². The minimum absolute atomic E-state index is 0.0393. The Bertz CT molecular complexity index is 633. The van der Waals surface area contributed by atoms with Crippen LogP contribution in [-0.2, 0) is 11.3 Å². The molecule has 0 bridgehead atoms. The standard InChI is InChI=1S/C17H19NO3S/c1-20-16-10-13(17(19)15-4-9-22-12-15)2-3-14(16)11-18-5-7-21-8-6-18/h2-4,9-10,12H,5-8,11H2,1H3. The van der Waals surface area contributed by atoms with Gasteiger partial charge < -0.3 is 9.47 Å². The summed E-state index contributed by atoms with van der Waals surface area (Å²) in [5.41, 5.74) is 2.50. The van der Waals surface area contributed by atoms with Crippen LogP contribution in [0.1, 0.15) is 21.5 Å². The van der Waals surface area contributed by atoms with Gasteiger partial charge in [0.15, 0.2) is 5.78 Å². The zero-order valence-corrected chi connectivity index (χ0v) is 13.4. The van der Waals surface area contributed by atoms with E-state index in [2.05, 4.69) is 4.90 Å². The molecule has 1 aromatic carbocycles. The molecule has 0 N–H and O–H groups in total. The molecule has 0 aliphatic carbocycles. The first-order valence-corrected chi connectivity index (χ1v) is 8.26. The van der Waals surface area contributed by atoms with Crippen LogP contribution in [0.25, 0.3) is 0 Å². The summed E-state index contributed by atoms with van der Waals surface area (Å²) < 4.78 is 10.9. The first-order valence-electron chi connectivity index (χ1n) is 7.32. The fourth-order valence-electron chi connectivity index (χ4n) is 2.58. The van der Waals surface area contributed by atoms with E-state index in [0.717, 1.165) is 49.7 Å². The minimum atomic E-state index is 0.0393. The zero-order valence-electron chi connectivity index (χ0n) is 12.6. The zero-order chi connectivity index (χ0) is 15.4. The van der Waals surface area contributed by atoms with Gasteiger partial charge in [0.2, 0.25) is 0 Å². The second-order valence-electron chi connectivity index (χ2n) is 5.26. The molecule has 0 radical (unpaired) electrons. The van der Waals surface area contributed by atoms with Gasteiger partial charge in [0.25, 0.3) is 0 Å². The molecule has 0 spiro atoms. The molecular weight excluding hydrogens is 298 g/mol. The number of hydrogen-bond acceptors (Lipinski definition) is 5. The van der Waals surface area contributed by atoms with E-state index in [9.17, 15) is 4.79 Å². The van der Waals surface area contributed by atoms with Crippen molar-refractivity contribution in [2.45, 2.75) is 6.54 Å². The molecule has 4 nitrogen and oxygen atoms in total. The minimum Gasteiger partial charge on any atom is -0.496 e. The van der Waals surface area contributed by atoms with Crippen molar-refractivity contribution >= 4 is 17.1 Å². The topological polar surface area (TPSA) is 38.8 Å². The number of benzene rings is 1. The summed E-state index contributed by atoms with van der Waals surface area (Å²) in [6.07, 6.45) is 0. The smallest absolute Gasteiger partial charge is 0.193 e. The third-order valence-corrected chi connectivity index (χ3v) is 4.51. The summed E-state index contributed by atoms with van der Waals surface area (Å²) in [6.45, 7) is 4.23. The number of thiophene rings is 1. The lowest BCUT2D eigenvalue weighted by Gasteiger charge is -2.27. The summed E-state index contributed by atoms with van der Waals surface area (Å²) in [7, 11) is 1.65. The van der Waals surface area contributed by atoms with Gasteiger partial charge in [0, 0.05) is 41.7 Å². The molecule has 2 heterocycles. The number of methoxy groups -OCH3 is 1. The van der Waals surface area contributed by atoms with Gasteiger partial charge >= 0.3 is 0 Å². The van der Waals surface area contributed by atoms with Crippen molar-refractivity contribution < 1.29 is 14.3 Å². The van der Waals surface area contributed by atoms with Crippen LogP contribution in [0.3, 0.4) is 0 Å². The highest BCUT2D eigenvalue weighted by molar-refractivity contribution is 7.08. The summed E-state index contributed by atoms with van der Waals surface area (Å²) >= 11 is 1.53. The lowest BCUT2D eigenvalue weighted by molar-refractivity contribution is 0.0339. The fraction of sp³-hybridized carbons (Fsp3) is 0.353. The molecular formula is C17H19NO3S. The molecule has 3 rings (SSSR count). The van der Waals surface area contributed by atoms with E-state index in [-0.39, 0.29) is 5.78 Å². The van der Waals surface area contributed by atoms with Crippen LogP contribution in [0.15, 0.2) is 35.0 Å². The Balaban J connectivity index is 1.79. The number of carbonyl (C=O) groups is 1. The average molecular weight is 317 g/mol. The maximum absolute atomic E-state index is 12.4. The fourth-order valence-corrected chi connectivity index (χ4v) is 3.21. The maximum Gasteiger partial charge on any atom is 0.193 e. The van der Waals surface area contributed by atoms with E-state index >= 15 is 0 Å². The Hall–Kier alpha value is -1.69. The van der Waals surface area contributed by atoms with E-state index in [1.54, 1.807) is 7.11 Å². The van der Waals surface area contributed by atoms with Crippen LogP contribution in [-0.4, -0.2) is 44.1 Å². The van der Waals surface area contributed by atoms with Gasteiger partial charge in [0.1, 0.15) is 5.75 Å². The number of hydrogen-bond donors (Lipinski definition) is 0. The Kier molecular flexibility index (Phi) is 4.87. The summed E-state index contributed by atoms with van der Waals surface area (Å²) in [4.78, 5) is 14.7. The van der Waals surface area contributed by atoms with Crippen LogP contribution in [0, 0.1) is 0 Å². The van der Waals surface area contributed by atoms with Crippen molar-refractivity contribution in [3.63, 3.8) is 0 Å². The van der Waals surface area contributed by atoms with Crippen LogP contribution >= 0.6 is 11.3 Å². The third-order valence-electron chi connectivity index (χ3n) is 3.83. The SMILES string of the molecule is COc1cc(C(=O)c2ccsc2)ccc1CN1CCOCC1. The third kappa shape index (κ3) is 3.38. The largest absolute Gasteiger partial charge is 0.496 e. The molecule has 1 aliphatic rings.